The van der Waals surface area contributed by atoms with Crippen LogP contribution < -0.4 is 0 Å². The molecular formula is C21H38O7. The molecule has 1 fully saturated rings. The number of aliphatic hydroxyl groups excluding tert-OH is 3. The van der Waals surface area contributed by atoms with E-state index in [1.54, 1.807) is 27.7 Å². The standard InChI is InChI=1S/C21H38O7/c1-8-15-11(3)17(23)12(4)16(22)10(2)9-21(7,27)19(25)13(5)18(24)14(6)20(26)28-15/h10-15,17-19,23-25,27H,8-9H2,1-7H3/t10-,11+,12+,13+,14-,15?,17+,18+,19-,21-/m1/s1. The van der Waals surface area contributed by atoms with Crippen molar-refractivity contribution in [2.24, 2.45) is 29.6 Å². The van der Waals surface area contributed by atoms with Gasteiger partial charge in [0.15, 0.2) is 0 Å². The molecule has 0 aromatic carbocycles. The van der Waals surface area contributed by atoms with Gasteiger partial charge in [0.05, 0.1) is 29.8 Å². The molecule has 0 spiro atoms. The van der Waals surface area contributed by atoms with Crippen molar-refractivity contribution in [2.75, 3.05) is 0 Å². The Morgan fingerprint density at radius 2 is 1.46 bits per heavy atom. The van der Waals surface area contributed by atoms with E-state index in [9.17, 15) is 30.0 Å². The van der Waals surface area contributed by atoms with Crippen LogP contribution in [0.5, 0.6) is 0 Å². The van der Waals surface area contributed by atoms with Crippen molar-refractivity contribution < 1.29 is 34.8 Å². The van der Waals surface area contributed by atoms with Crippen LogP contribution >= 0.6 is 0 Å². The number of carbonyl (C=O) groups is 2. The first kappa shape index (κ1) is 25.0. The Hall–Kier alpha value is -1.02. The predicted octanol–water partition coefficient (Wildman–Crippen LogP) is 1.30. The highest BCUT2D eigenvalue weighted by atomic mass is 16.5. The van der Waals surface area contributed by atoms with Crippen LogP contribution in [0.25, 0.3) is 0 Å². The molecule has 0 aromatic heterocycles. The predicted molar refractivity (Wildman–Crippen MR) is 104 cm³/mol. The molecule has 0 aliphatic carbocycles. The molecule has 1 heterocycles. The average Bonchev–Trinajstić information content (AvgIpc) is 2.65. The minimum absolute atomic E-state index is 0.0223. The van der Waals surface area contributed by atoms with E-state index in [0.29, 0.717) is 6.42 Å². The second kappa shape index (κ2) is 9.65. The first-order chi connectivity index (χ1) is 12.8. The fourth-order valence-corrected chi connectivity index (χ4v) is 4.30. The summed E-state index contributed by atoms with van der Waals surface area (Å²) in [5.41, 5.74) is -1.65. The number of carbonyl (C=O) groups excluding carboxylic acids is 2. The van der Waals surface area contributed by atoms with Crippen LogP contribution in [0.4, 0.5) is 0 Å². The highest BCUT2D eigenvalue weighted by Crippen LogP contribution is 2.32. The minimum atomic E-state index is -1.65. The molecule has 0 bridgehead atoms. The van der Waals surface area contributed by atoms with E-state index in [2.05, 4.69) is 0 Å². The van der Waals surface area contributed by atoms with Gasteiger partial charge >= 0.3 is 5.97 Å². The third kappa shape index (κ3) is 5.32. The lowest BCUT2D eigenvalue weighted by atomic mass is 9.75. The van der Waals surface area contributed by atoms with Crippen molar-refractivity contribution in [1.29, 1.82) is 0 Å². The van der Waals surface area contributed by atoms with Gasteiger partial charge < -0.3 is 25.2 Å². The lowest BCUT2D eigenvalue weighted by Crippen LogP contribution is -2.51. The Bertz CT molecular complexity index is 547. The van der Waals surface area contributed by atoms with E-state index < -0.39 is 65.6 Å². The fraction of sp³-hybridized carbons (Fsp3) is 0.905. The summed E-state index contributed by atoms with van der Waals surface area (Å²) < 4.78 is 5.54. The zero-order valence-electron chi connectivity index (χ0n) is 18.1. The van der Waals surface area contributed by atoms with Crippen LogP contribution in [0.1, 0.15) is 61.3 Å². The Labute approximate surface area is 168 Å². The van der Waals surface area contributed by atoms with Gasteiger partial charge in [-0.05, 0) is 26.7 Å². The smallest absolute Gasteiger partial charge is 0.311 e. The first-order valence-electron chi connectivity index (χ1n) is 10.3. The summed E-state index contributed by atoms with van der Waals surface area (Å²) in [6, 6.07) is 0. The fourth-order valence-electron chi connectivity index (χ4n) is 4.30. The topological polar surface area (TPSA) is 124 Å². The van der Waals surface area contributed by atoms with E-state index in [-0.39, 0.29) is 12.2 Å². The van der Waals surface area contributed by atoms with Crippen LogP contribution in [-0.2, 0) is 14.3 Å². The van der Waals surface area contributed by atoms with Gasteiger partial charge in [-0.1, -0.05) is 34.6 Å². The van der Waals surface area contributed by atoms with Crippen LogP contribution in [0.3, 0.4) is 0 Å². The summed E-state index contributed by atoms with van der Waals surface area (Å²) in [5.74, 6) is -4.39. The molecule has 0 aromatic rings. The van der Waals surface area contributed by atoms with Gasteiger partial charge in [-0.15, -0.1) is 0 Å². The van der Waals surface area contributed by atoms with E-state index in [0.717, 1.165) is 0 Å². The quantitative estimate of drug-likeness (QED) is 0.487. The van der Waals surface area contributed by atoms with Crippen LogP contribution in [0.2, 0.25) is 0 Å². The molecule has 7 heteroatoms. The zero-order valence-corrected chi connectivity index (χ0v) is 18.1. The molecule has 164 valence electrons. The molecule has 0 amide bonds. The van der Waals surface area contributed by atoms with Gasteiger partial charge in [0.2, 0.25) is 0 Å². The van der Waals surface area contributed by atoms with E-state index >= 15 is 0 Å². The highest BCUT2D eigenvalue weighted by molar-refractivity contribution is 5.83. The van der Waals surface area contributed by atoms with Gasteiger partial charge in [-0.25, -0.2) is 0 Å². The Morgan fingerprint density at radius 1 is 0.964 bits per heavy atom. The van der Waals surface area contributed by atoms with Gasteiger partial charge in [-0.3, -0.25) is 9.59 Å². The molecule has 28 heavy (non-hydrogen) atoms. The number of hydrogen-bond donors (Lipinski definition) is 4. The molecule has 7 nitrogen and oxygen atoms in total. The van der Waals surface area contributed by atoms with Crippen molar-refractivity contribution in [2.45, 2.75) is 91.3 Å². The van der Waals surface area contributed by atoms with Crippen LogP contribution in [0, 0.1) is 29.6 Å². The molecular weight excluding hydrogens is 364 g/mol. The molecule has 1 saturated heterocycles. The first-order valence-corrected chi connectivity index (χ1v) is 10.3. The Kier molecular flexibility index (Phi) is 8.62. The highest BCUT2D eigenvalue weighted by Gasteiger charge is 2.44. The lowest BCUT2D eigenvalue weighted by molar-refractivity contribution is -0.171. The van der Waals surface area contributed by atoms with Crippen LogP contribution in [0.15, 0.2) is 0 Å². The maximum atomic E-state index is 12.8. The minimum Gasteiger partial charge on any atom is -0.462 e. The van der Waals surface area contributed by atoms with Crippen LogP contribution in [-0.4, -0.2) is 62.2 Å². The number of ether oxygens (including phenoxy) is 1. The summed E-state index contributed by atoms with van der Waals surface area (Å²) in [7, 11) is 0. The average molecular weight is 403 g/mol. The summed E-state index contributed by atoms with van der Waals surface area (Å²) >= 11 is 0. The number of rotatable bonds is 1. The monoisotopic (exact) mass is 402 g/mol. The second-order valence-corrected chi connectivity index (χ2v) is 8.97. The van der Waals surface area contributed by atoms with Gasteiger partial charge in [0.25, 0.3) is 0 Å². The van der Waals surface area contributed by atoms with Gasteiger partial charge in [-0.2, -0.15) is 0 Å². The maximum absolute atomic E-state index is 12.8. The molecule has 1 aliphatic heterocycles. The molecule has 4 N–H and O–H groups in total. The van der Waals surface area contributed by atoms with Crippen molar-refractivity contribution in [3.8, 4) is 0 Å². The second-order valence-electron chi connectivity index (χ2n) is 8.97. The summed E-state index contributed by atoms with van der Waals surface area (Å²) in [6.07, 6.45) is -3.78. The SMILES string of the molecule is CCC1OC(=O)[C@H](C)[C@@H](O)[C@H](C)[C@@H](O)[C@](C)(O)C[C@@H](C)C(=O)[C@H](C)[C@@H](O)[C@H]1C. The summed E-state index contributed by atoms with van der Waals surface area (Å²) in [4.78, 5) is 25.4. The van der Waals surface area contributed by atoms with Crippen molar-refractivity contribution in [3.63, 3.8) is 0 Å². The molecule has 1 rings (SSSR count). The number of esters is 1. The Morgan fingerprint density at radius 3 is 1.96 bits per heavy atom. The van der Waals surface area contributed by atoms with E-state index in [1.165, 1.54) is 13.8 Å². The molecule has 10 atom stereocenters. The van der Waals surface area contributed by atoms with Gasteiger partial charge in [0.1, 0.15) is 11.9 Å². The van der Waals surface area contributed by atoms with Gasteiger partial charge in [0, 0.05) is 23.7 Å². The number of hydrogen-bond acceptors (Lipinski definition) is 7. The third-order valence-electron chi connectivity index (χ3n) is 6.52. The Balaban J connectivity index is 3.32. The molecule has 0 radical (unpaired) electrons. The lowest BCUT2D eigenvalue weighted by Gasteiger charge is -2.39. The summed E-state index contributed by atoms with van der Waals surface area (Å²) in [5, 5.41) is 42.7. The number of aliphatic hydroxyl groups is 4. The summed E-state index contributed by atoms with van der Waals surface area (Å²) in [6.45, 7) is 11.3. The number of ketones is 1. The van der Waals surface area contributed by atoms with E-state index in [4.69, 9.17) is 4.74 Å². The maximum Gasteiger partial charge on any atom is 0.311 e. The largest absolute Gasteiger partial charge is 0.462 e. The zero-order chi connectivity index (χ0) is 22.0. The van der Waals surface area contributed by atoms with Crippen molar-refractivity contribution in [1.82, 2.24) is 0 Å². The molecule has 1 unspecified atom stereocenters. The normalized spacial score (nSPS) is 47.3. The molecule has 1 aliphatic rings. The van der Waals surface area contributed by atoms with Crippen molar-refractivity contribution in [3.05, 3.63) is 0 Å². The third-order valence-corrected chi connectivity index (χ3v) is 6.52. The molecule has 0 saturated carbocycles. The number of cyclic esters (lactones) is 1. The van der Waals surface area contributed by atoms with E-state index in [1.807, 2.05) is 6.92 Å². The van der Waals surface area contributed by atoms with Crippen molar-refractivity contribution >= 4 is 11.8 Å². The number of Topliss-reactive ketones (excluding diaryl/α,β-unsaturated/α-hetero) is 1.